The first kappa shape index (κ1) is 19.0. The van der Waals surface area contributed by atoms with Crippen LogP contribution in [0.4, 0.5) is 11.4 Å². The van der Waals surface area contributed by atoms with E-state index in [-0.39, 0.29) is 18.2 Å². The van der Waals surface area contributed by atoms with Crippen LogP contribution in [0.5, 0.6) is 11.5 Å². The molecule has 0 saturated carbocycles. The largest absolute Gasteiger partial charge is 0.495 e. The zero-order valence-electron chi connectivity index (χ0n) is 15.4. The summed E-state index contributed by atoms with van der Waals surface area (Å²) in [6, 6.07) is 10.6. The molecule has 0 aromatic heterocycles. The number of benzene rings is 2. The summed E-state index contributed by atoms with van der Waals surface area (Å²) in [6.07, 6.45) is 0.146. The van der Waals surface area contributed by atoms with Crippen molar-refractivity contribution in [3.8, 4) is 11.5 Å². The van der Waals surface area contributed by atoms with Crippen LogP contribution in [0.15, 0.2) is 36.4 Å². The van der Waals surface area contributed by atoms with E-state index in [0.717, 1.165) is 5.56 Å². The topological polar surface area (TPSA) is 67.9 Å². The average Bonchev–Trinajstić information content (AvgIpc) is 3.03. The van der Waals surface area contributed by atoms with E-state index in [0.29, 0.717) is 34.4 Å². The van der Waals surface area contributed by atoms with Crippen molar-refractivity contribution in [2.45, 2.75) is 13.3 Å². The van der Waals surface area contributed by atoms with Gasteiger partial charge in [0.05, 0.1) is 30.8 Å². The van der Waals surface area contributed by atoms with Crippen molar-refractivity contribution in [1.29, 1.82) is 0 Å². The van der Waals surface area contributed by atoms with Crippen molar-refractivity contribution < 1.29 is 19.1 Å². The molecule has 0 bridgehead atoms. The standard InChI is InChI=1S/C20H21ClN2O4/c1-12-4-6-18(27-3)16(8-12)23-11-13(9-19(23)24)20(25)22-14-5-7-17(26-2)15(21)10-14/h4-8,10,13H,9,11H2,1-3H3,(H,22,25). The number of rotatable bonds is 5. The third-order valence-corrected chi connectivity index (χ3v) is 4.84. The molecular formula is C20H21ClN2O4. The van der Waals surface area contributed by atoms with Crippen LogP contribution in [0.1, 0.15) is 12.0 Å². The second kappa shape index (κ2) is 7.88. The lowest BCUT2D eigenvalue weighted by Gasteiger charge is -2.20. The van der Waals surface area contributed by atoms with E-state index < -0.39 is 5.92 Å². The molecule has 1 saturated heterocycles. The van der Waals surface area contributed by atoms with Crippen molar-refractivity contribution in [3.05, 3.63) is 47.0 Å². The van der Waals surface area contributed by atoms with Gasteiger partial charge in [-0.05, 0) is 42.8 Å². The number of hydrogen-bond donors (Lipinski definition) is 1. The number of ether oxygens (including phenoxy) is 2. The lowest BCUT2D eigenvalue weighted by Crippen LogP contribution is -2.28. The molecule has 7 heteroatoms. The Morgan fingerprint density at radius 2 is 1.85 bits per heavy atom. The summed E-state index contributed by atoms with van der Waals surface area (Å²) < 4.78 is 10.5. The number of hydrogen-bond acceptors (Lipinski definition) is 4. The zero-order valence-corrected chi connectivity index (χ0v) is 16.2. The van der Waals surface area contributed by atoms with Crippen LogP contribution in [-0.4, -0.2) is 32.6 Å². The lowest BCUT2D eigenvalue weighted by molar-refractivity contribution is -0.122. The van der Waals surface area contributed by atoms with E-state index >= 15 is 0 Å². The number of aryl methyl sites for hydroxylation is 1. The van der Waals surface area contributed by atoms with Gasteiger partial charge in [0.25, 0.3) is 0 Å². The predicted molar refractivity (Wildman–Crippen MR) is 105 cm³/mol. The van der Waals surface area contributed by atoms with Gasteiger partial charge in [-0.3, -0.25) is 9.59 Å². The number of halogens is 1. The first-order valence-electron chi connectivity index (χ1n) is 8.52. The number of carbonyl (C=O) groups is 2. The number of nitrogens with one attached hydrogen (secondary N) is 1. The molecule has 0 aliphatic carbocycles. The quantitative estimate of drug-likeness (QED) is 0.848. The van der Waals surface area contributed by atoms with Gasteiger partial charge in [-0.25, -0.2) is 0 Å². The highest BCUT2D eigenvalue weighted by atomic mass is 35.5. The molecular weight excluding hydrogens is 368 g/mol. The predicted octanol–water partition coefficient (Wildman–Crippen LogP) is 3.66. The summed E-state index contributed by atoms with van der Waals surface area (Å²) in [7, 11) is 3.09. The summed E-state index contributed by atoms with van der Waals surface area (Å²) in [6.45, 7) is 2.25. The summed E-state index contributed by atoms with van der Waals surface area (Å²) in [5.41, 5.74) is 2.26. The van der Waals surface area contributed by atoms with Crippen LogP contribution in [0, 0.1) is 12.8 Å². The first-order valence-corrected chi connectivity index (χ1v) is 8.90. The average molecular weight is 389 g/mol. The third kappa shape index (κ3) is 4.01. The van der Waals surface area contributed by atoms with Crippen molar-refractivity contribution >= 4 is 34.8 Å². The lowest BCUT2D eigenvalue weighted by atomic mass is 10.1. The van der Waals surface area contributed by atoms with Crippen LogP contribution in [0.2, 0.25) is 5.02 Å². The number of nitrogens with zero attached hydrogens (tertiary/aromatic N) is 1. The highest BCUT2D eigenvalue weighted by Gasteiger charge is 2.36. The van der Waals surface area contributed by atoms with E-state index in [9.17, 15) is 9.59 Å². The molecule has 1 heterocycles. The van der Waals surface area contributed by atoms with Gasteiger partial charge >= 0.3 is 0 Å². The highest BCUT2D eigenvalue weighted by molar-refractivity contribution is 6.32. The molecule has 6 nitrogen and oxygen atoms in total. The second-order valence-electron chi connectivity index (χ2n) is 6.42. The smallest absolute Gasteiger partial charge is 0.229 e. The van der Waals surface area contributed by atoms with Crippen LogP contribution in [0.25, 0.3) is 0 Å². The van der Waals surface area contributed by atoms with Gasteiger partial charge < -0.3 is 19.7 Å². The molecule has 2 aromatic rings. The van der Waals surface area contributed by atoms with Gasteiger partial charge in [0.15, 0.2) is 0 Å². The maximum absolute atomic E-state index is 12.6. The number of amides is 2. The molecule has 1 aliphatic heterocycles. The molecule has 1 atom stereocenters. The van der Waals surface area contributed by atoms with E-state index in [1.807, 2.05) is 25.1 Å². The van der Waals surface area contributed by atoms with E-state index in [1.54, 1.807) is 30.2 Å². The number of anilines is 2. The Bertz CT molecular complexity index is 884. The Morgan fingerprint density at radius 1 is 1.15 bits per heavy atom. The molecule has 27 heavy (non-hydrogen) atoms. The Kier molecular flexibility index (Phi) is 5.56. The second-order valence-corrected chi connectivity index (χ2v) is 6.83. The SMILES string of the molecule is COc1ccc(NC(=O)C2CC(=O)N(c3cc(C)ccc3OC)C2)cc1Cl. The molecule has 2 amide bonds. The maximum atomic E-state index is 12.6. The molecule has 1 fully saturated rings. The van der Waals surface area contributed by atoms with Gasteiger partial charge in [-0.2, -0.15) is 0 Å². The van der Waals surface area contributed by atoms with Crippen LogP contribution < -0.4 is 19.7 Å². The van der Waals surface area contributed by atoms with Crippen LogP contribution >= 0.6 is 11.6 Å². The maximum Gasteiger partial charge on any atom is 0.229 e. The Balaban J connectivity index is 1.74. The number of methoxy groups -OCH3 is 2. The monoisotopic (exact) mass is 388 g/mol. The fraction of sp³-hybridized carbons (Fsp3) is 0.300. The Morgan fingerprint density at radius 3 is 2.52 bits per heavy atom. The van der Waals surface area contributed by atoms with Crippen LogP contribution in [-0.2, 0) is 9.59 Å². The normalized spacial score (nSPS) is 16.4. The molecule has 142 valence electrons. The Hall–Kier alpha value is -2.73. The van der Waals surface area contributed by atoms with Gasteiger partial charge in [0.2, 0.25) is 11.8 Å². The molecule has 3 rings (SSSR count). The van der Waals surface area contributed by atoms with Gasteiger partial charge in [0.1, 0.15) is 11.5 Å². The third-order valence-electron chi connectivity index (χ3n) is 4.54. The summed E-state index contributed by atoms with van der Waals surface area (Å²) in [5.74, 6) is 0.356. The van der Waals surface area contributed by atoms with Gasteiger partial charge in [0, 0.05) is 18.7 Å². The minimum Gasteiger partial charge on any atom is -0.495 e. The molecule has 1 aliphatic rings. The highest BCUT2D eigenvalue weighted by Crippen LogP contribution is 2.34. The Labute approximate surface area is 163 Å². The summed E-state index contributed by atoms with van der Waals surface area (Å²) in [5, 5.41) is 3.23. The van der Waals surface area contributed by atoms with E-state index in [1.165, 1.54) is 7.11 Å². The first-order chi connectivity index (χ1) is 12.9. The van der Waals surface area contributed by atoms with Crippen molar-refractivity contribution in [2.24, 2.45) is 5.92 Å². The summed E-state index contributed by atoms with van der Waals surface area (Å²) >= 11 is 6.09. The summed E-state index contributed by atoms with van der Waals surface area (Å²) in [4.78, 5) is 26.7. The van der Waals surface area contributed by atoms with Gasteiger partial charge in [-0.15, -0.1) is 0 Å². The van der Waals surface area contributed by atoms with Crippen molar-refractivity contribution in [2.75, 3.05) is 31.0 Å². The molecule has 0 spiro atoms. The van der Waals surface area contributed by atoms with Crippen molar-refractivity contribution in [1.82, 2.24) is 0 Å². The molecule has 0 radical (unpaired) electrons. The van der Waals surface area contributed by atoms with E-state index in [4.69, 9.17) is 21.1 Å². The molecule has 1 N–H and O–H groups in total. The minimum absolute atomic E-state index is 0.105. The number of carbonyl (C=O) groups excluding carboxylic acids is 2. The van der Waals surface area contributed by atoms with Crippen molar-refractivity contribution in [3.63, 3.8) is 0 Å². The van der Waals surface area contributed by atoms with Gasteiger partial charge in [-0.1, -0.05) is 17.7 Å². The minimum atomic E-state index is -0.455. The van der Waals surface area contributed by atoms with Crippen LogP contribution in [0.3, 0.4) is 0 Å². The molecule has 2 aromatic carbocycles. The molecule has 1 unspecified atom stereocenters. The van der Waals surface area contributed by atoms with E-state index in [2.05, 4.69) is 5.32 Å². The fourth-order valence-corrected chi connectivity index (χ4v) is 3.37. The fourth-order valence-electron chi connectivity index (χ4n) is 3.12. The zero-order chi connectivity index (χ0) is 19.6.